The van der Waals surface area contributed by atoms with Crippen LogP contribution in [0.5, 0.6) is 0 Å². The Hall–Kier alpha value is -4.62. The lowest BCUT2D eigenvalue weighted by atomic mass is 9.99. The highest BCUT2D eigenvalue weighted by Gasteiger charge is 2.16. The fourth-order valence-corrected chi connectivity index (χ4v) is 5.50. The second-order valence-corrected chi connectivity index (χ2v) is 9.51. The van der Waals surface area contributed by atoms with Crippen molar-refractivity contribution < 1.29 is 0 Å². The standard InChI is InChI=1S/C35H25N/c1-24-8-2-7-13-35(24)36(29-20-18-27-16-14-25-9-3-5-11-31(25)33(27)22-29)30-21-19-28-17-15-26-10-4-6-12-32(26)34(28)23-30/h2-23H,1H3. The number of fused-ring (bicyclic) bond motifs is 6. The number of para-hydroxylation sites is 1. The molecule has 0 unspecified atom stereocenters. The molecule has 0 radical (unpaired) electrons. The van der Waals surface area contributed by atoms with Crippen LogP contribution in [0.15, 0.2) is 133 Å². The third kappa shape index (κ3) is 3.32. The van der Waals surface area contributed by atoms with Crippen LogP contribution in [0.1, 0.15) is 5.56 Å². The molecule has 7 aromatic rings. The first kappa shape index (κ1) is 20.7. The van der Waals surface area contributed by atoms with Gasteiger partial charge in [-0.15, -0.1) is 0 Å². The number of hydrogen-bond donors (Lipinski definition) is 0. The second kappa shape index (κ2) is 8.25. The molecule has 7 aromatic carbocycles. The summed E-state index contributed by atoms with van der Waals surface area (Å²) in [5.41, 5.74) is 4.76. The maximum Gasteiger partial charge on any atom is 0.0490 e. The molecule has 0 aliphatic carbocycles. The molecule has 0 heterocycles. The van der Waals surface area contributed by atoms with Gasteiger partial charge in [-0.05, 0) is 85.9 Å². The fraction of sp³-hybridized carbons (Fsp3) is 0.0286. The third-order valence-electron chi connectivity index (χ3n) is 7.33. The second-order valence-electron chi connectivity index (χ2n) is 9.51. The Bertz CT molecular complexity index is 1800. The zero-order valence-corrected chi connectivity index (χ0v) is 20.1. The summed E-state index contributed by atoms with van der Waals surface area (Å²) >= 11 is 0. The SMILES string of the molecule is Cc1ccccc1N(c1ccc2ccc3ccccc3c2c1)c1ccc2ccc3ccccc3c2c1. The monoisotopic (exact) mass is 459 g/mol. The van der Waals surface area contributed by atoms with Gasteiger partial charge >= 0.3 is 0 Å². The van der Waals surface area contributed by atoms with Crippen LogP contribution >= 0.6 is 0 Å². The Morgan fingerprint density at radius 1 is 0.389 bits per heavy atom. The number of hydrogen-bond acceptors (Lipinski definition) is 1. The third-order valence-corrected chi connectivity index (χ3v) is 7.33. The van der Waals surface area contributed by atoms with Crippen molar-refractivity contribution in [1.82, 2.24) is 0 Å². The predicted octanol–water partition coefficient (Wildman–Crippen LogP) is 10.1. The van der Waals surface area contributed by atoms with E-state index in [1.165, 1.54) is 54.3 Å². The van der Waals surface area contributed by atoms with Gasteiger partial charge in [-0.25, -0.2) is 0 Å². The zero-order valence-electron chi connectivity index (χ0n) is 20.1. The van der Waals surface area contributed by atoms with E-state index in [9.17, 15) is 0 Å². The average molecular weight is 460 g/mol. The first-order chi connectivity index (χ1) is 17.8. The van der Waals surface area contributed by atoms with Crippen LogP contribution in [0, 0.1) is 6.92 Å². The first-order valence-corrected chi connectivity index (χ1v) is 12.5. The van der Waals surface area contributed by atoms with Gasteiger partial charge in [0.2, 0.25) is 0 Å². The van der Waals surface area contributed by atoms with E-state index in [2.05, 4.69) is 145 Å². The summed E-state index contributed by atoms with van der Waals surface area (Å²) in [6.07, 6.45) is 0. The van der Waals surface area contributed by atoms with E-state index in [4.69, 9.17) is 0 Å². The Balaban J connectivity index is 1.51. The minimum Gasteiger partial charge on any atom is -0.310 e. The molecule has 36 heavy (non-hydrogen) atoms. The molecule has 0 saturated heterocycles. The number of anilines is 3. The zero-order chi connectivity index (χ0) is 24.1. The van der Waals surface area contributed by atoms with Gasteiger partial charge in [0.25, 0.3) is 0 Å². The van der Waals surface area contributed by atoms with Crippen LogP contribution in [0.4, 0.5) is 17.1 Å². The van der Waals surface area contributed by atoms with Crippen molar-refractivity contribution in [2.75, 3.05) is 4.90 Å². The first-order valence-electron chi connectivity index (χ1n) is 12.5. The fourth-order valence-electron chi connectivity index (χ4n) is 5.50. The van der Waals surface area contributed by atoms with E-state index >= 15 is 0 Å². The van der Waals surface area contributed by atoms with Crippen LogP contribution in [0.3, 0.4) is 0 Å². The van der Waals surface area contributed by atoms with Gasteiger partial charge in [0.05, 0.1) is 0 Å². The summed E-state index contributed by atoms with van der Waals surface area (Å²) in [4.78, 5) is 2.40. The minimum atomic E-state index is 1.16. The predicted molar refractivity (Wildman–Crippen MR) is 156 cm³/mol. The van der Waals surface area contributed by atoms with Gasteiger partial charge in [0.15, 0.2) is 0 Å². The summed E-state index contributed by atoms with van der Waals surface area (Å²) in [6, 6.07) is 48.5. The van der Waals surface area contributed by atoms with E-state index in [1.807, 2.05) is 0 Å². The lowest BCUT2D eigenvalue weighted by molar-refractivity contribution is 1.26. The van der Waals surface area contributed by atoms with E-state index < -0.39 is 0 Å². The van der Waals surface area contributed by atoms with Crippen LogP contribution in [-0.4, -0.2) is 0 Å². The van der Waals surface area contributed by atoms with E-state index in [0.29, 0.717) is 0 Å². The Kier molecular flexibility index (Phi) is 4.75. The molecule has 0 spiro atoms. The number of benzene rings is 7. The summed E-state index contributed by atoms with van der Waals surface area (Å²) in [6.45, 7) is 2.19. The van der Waals surface area contributed by atoms with Gasteiger partial charge in [0.1, 0.15) is 0 Å². The average Bonchev–Trinajstić information content (AvgIpc) is 2.94. The molecule has 1 nitrogen and oxygen atoms in total. The van der Waals surface area contributed by atoms with Crippen molar-refractivity contribution in [1.29, 1.82) is 0 Å². The highest BCUT2D eigenvalue weighted by molar-refractivity contribution is 6.10. The minimum absolute atomic E-state index is 1.16. The molecular weight excluding hydrogens is 434 g/mol. The van der Waals surface area contributed by atoms with Gasteiger partial charge in [-0.3, -0.25) is 0 Å². The number of rotatable bonds is 3. The Labute approximate surface area is 210 Å². The van der Waals surface area contributed by atoms with Crippen LogP contribution in [0.25, 0.3) is 43.1 Å². The van der Waals surface area contributed by atoms with Crippen molar-refractivity contribution in [2.24, 2.45) is 0 Å². The topological polar surface area (TPSA) is 3.24 Å². The van der Waals surface area contributed by atoms with E-state index in [-0.39, 0.29) is 0 Å². The molecule has 0 aliphatic heterocycles. The van der Waals surface area contributed by atoms with Crippen molar-refractivity contribution in [3.8, 4) is 0 Å². The lowest BCUT2D eigenvalue weighted by Crippen LogP contribution is -2.11. The maximum absolute atomic E-state index is 2.40. The van der Waals surface area contributed by atoms with Crippen molar-refractivity contribution >= 4 is 60.2 Å². The summed E-state index contributed by atoms with van der Waals surface area (Å²) in [5.74, 6) is 0. The Morgan fingerprint density at radius 2 is 0.806 bits per heavy atom. The smallest absolute Gasteiger partial charge is 0.0490 e. The molecule has 0 atom stereocenters. The summed E-state index contributed by atoms with van der Waals surface area (Å²) in [7, 11) is 0. The van der Waals surface area contributed by atoms with Crippen molar-refractivity contribution in [3.63, 3.8) is 0 Å². The molecular formula is C35H25N. The van der Waals surface area contributed by atoms with Gasteiger partial charge in [0, 0.05) is 17.1 Å². The molecule has 7 rings (SSSR count). The quantitative estimate of drug-likeness (QED) is 0.238. The number of nitrogens with zero attached hydrogens (tertiary/aromatic N) is 1. The largest absolute Gasteiger partial charge is 0.310 e. The highest BCUT2D eigenvalue weighted by Crippen LogP contribution is 2.40. The van der Waals surface area contributed by atoms with Gasteiger partial charge in [-0.2, -0.15) is 0 Å². The normalized spacial score (nSPS) is 11.5. The van der Waals surface area contributed by atoms with E-state index in [0.717, 1.165) is 11.4 Å². The molecule has 0 saturated carbocycles. The molecule has 0 amide bonds. The summed E-state index contributed by atoms with van der Waals surface area (Å²) < 4.78 is 0. The summed E-state index contributed by atoms with van der Waals surface area (Å²) in [5, 5.41) is 10.2. The van der Waals surface area contributed by atoms with Gasteiger partial charge < -0.3 is 4.90 Å². The van der Waals surface area contributed by atoms with Gasteiger partial charge in [-0.1, -0.05) is 103 Å². The maximum atomic E-state index is 2.40. The van der Waals surface area contributed by atoms with Crippen molar-refractivity contribution in [2.45, 2.75) is 6.92 Å². The van der Waals surface area contributed by atoms with Crippen molar-refractivity contribution in [3.05, 3.63) is 139 Å². The Morgan fingerprint density at radius 3 is 1.33 bits per heavy atom. The molecule has 0 aliphatic rings. The number of aryl methyl sites for hydroxylation is 1. The van der Waals surface area contributed by atoms with Crippen LogP contribution < -0.4 is 4.90 Å². The van der Waals surface area contributed by atoms with Crippen LogP contribution in [0.2, 0.25) is 0 Å². The lowest BCUT2D eigenvalue weighted by Gasteiger charge is -2.28. The molecule has 170 valence electrons. The molecule has 0 N–H and O–H groups in total. The van der Waals surface area contributed by atoms with Crippen LogP contribution in [-0.2, 0) is 0 Å². The highest BCUT2D eigenvalue weighted by atomic mass is 15.1. The molecule has 0 bridgehead atoms. The molecule has 1 heteroatoms. The molecule has 0 fully saturated rings. The van der Waals surface area contributed by atoms with E-state index in [1.54, 1.807) is 0 Å². The molecule has 0 aromatic heterocycles.